The van der Waals surface area contributed by atoms with Gasteiger partial charge in [0.2, 0.25) is 0 Å². The van der Waals surface area contributed by atoms with E-state index in [0.717, 1.165) is 27.1 Å². The van der Waals surface area contributed by atoms with Crippen molar-refractivity contribution < 1.29 is 18.6 Å². The minimum atomic E-state index is 0.431. The van der Waals surface area contributed by atoms with Gasteiger partial charge in [0.25, 0.3) is 11.1 Å². The first kappa shape index (κ1) is 20.5. The molecule has 0 fully saturated rings. The van der Waals surface area contributed by atoms with Gasteiger partial charge in [0, 0.05) is 10.2 Å². The largest absolute Gasteiger partial charge is 0.496 e. The molecule has 3 rings (SSSR count). The number of nitrogens with zero attached hydrogens (tertiary/aromatic N) is 2. The van der Waals surface area contributed by atoms with Crippen molar-refractivity contribution in [2.75, 3.05) is 20.3 Å². The fraction of sp³-hybridized carbons (Fsp3) is 0.300. The van der Waals surface area contributed by atoms with Crippen molar-refractivity contribution in [1.82, 2.24) is 10.2 Å². The first-order valence-corrected chi connectivity index (χ1v) is 10.6. The number of benzene rings is 2. The first-order valence-electron chi connectivity index (χ1n) is 8.84. The lowest BCUT2D eigenvalue weighted by Crippen LogP contribution is -1.99. The summed E-state index contributed by atoms with van der Waals surface area (Å²) in [5.41, 5.74) is 1.82. The lowest BCUT2D eigenvalue weighted by Gasteiger charge is -2.13. The summed E-state index contributed by atoms with van der Waals surface area (Å²) in [6, 6.07) is 11.5. The molecule has 0 aliphatic rings. The Morgan fingerprint density at radius 1 is 1.00 bits per heavy atom. The van der Waals surface area contributed by atoms with E-state index in [2.05, 4.69) is 26.1 Å². The Labute approximate surface area is 176 Å². The predicted octanol–water partition coefficient (Wildman–Crippen LogP) is 5.60. The van der Waals surface area contributed by atoms with Crippen molar-refractivity contribution in [3.8, 4) is 28.7 Å². The van der Waals surface area contributed by atoms with Crippen LogP contribution in [0.25, 0.3) is 11.5 Å². The highest BCUT2D eigenvalue weighted by Crippen LogP contribution is 2.37. The van der Waals surface area contributed by atoms with E-state index in [1.165, 1.54) is 11.8 Å². The molecule has 0 aliphatic heterocycles. The average Bonchev–Trinajstić information content (AvgIpc) is 3.18. The molecule has 0 saturated carbocycles. The fourth-order valence-corrected chi connectivity index (χ4v) is 3.96. The van der Waals surface area contributed by atoms with E-state index in [4.69, 9.17) is 18.6 Å². The van der Waals surface area contributed by atoms with Crippen LogP contribution < -0.4 is 14.2 Å². The van der Waals surface area contributed by atoms with E-state index >= 15 is 0 Å². The average molecular weight is 465 g/mol. The van der Waals surface area contributed by atoms with Crippen LogP contribution in [0.5, 0.6) is 17.2 Å². The van der Waals surface area contributed by atoms with E-state index < -0.39 is 0 Å². The second-order valence-corrected chi connectivity index (χ2v) is 7.40. The number of methoxy groups -OCH3 is 1. The summed E-state index contributed by atoms with van der Waals surface area (Å²) in [4.78, 5) is 0. The van der Waals surface area contributed by atoms with Gasteiger partial charge >= 0.3 is 0 Å². The lowest BCUT2D eigenvalue weighted by molar-refractivity contribution is 0.287. The highest BCUT2D eigenvalue weighted by atomic mass is 79.9. The van der Waals surface area contributed by atoms with Gasteiger partial charge in [-0.05, 0) is 43.7 Å². The zero-order chi connectivity index (χ0) is 19.9. The summed E-state index contributed by atoms with van der Waals surface area (Å²) in [6.07, 6.45) is 0. The predicted molar refractivity (Wildman–Crippen MR) is 112 cm³/mol. The summed E-state index contributed by atoms with van der Waals surface area (Å²) in [5, 5.41) is 8.77. The van der Waals surface area contributed by atoms with E-state index in [0.29, 0.717) is 35.8 Å². The molecule has 0 amide bonds. The third kappa shape index (κ3) is 4.80. The summed E-state index contributed by atoms with van der Waals surface area (Å²) in [6.45, 7) is 5.04. The second-order valence-electron chi connectivity index (χ2n) is 5.62. The van der Waals surface area contributed by atoms with Crippen LogP contribution in [0.3, 0.4) is 0 Å². The number of hydrogen-bond acceptors (Lipinski definition) is 7. The van der Waals surface area contributed by atoms with E-state index in [9.17, 15) is 0 Å². The number of hydrogen-bond donors (Lipinski definition) is 0. The van der Waals surface area contributed by atoms with Crippen LogP contribution in [0.15, 0.2) is 50.5 Å². The van der Waals surface area contributed by atoms with Crippen LogP contribution in [0.1, 0.15) is 19.4 Å². The van der Waals surface area contributed by atoms with Gasteiger partial charge in [-0.25, -0.2) is 0 Å². The van der Waals surface area contributed by atoms with Gasteiger partial charge < -0.3 is 18.6 Å². The number of para-hydroxylation sites is 1. The Balaban J connectivity index is 1.76. The van der Waals surface area contributed by atoms with Crippen LogP contribution >= 0.6 is 27.7 Å². The highest BCUT2D eigenvalue weighted by molar-refractivity contribution is 9.10. The minimum Gasteiger partial charge on any atom is -0.496 e. The topological polar surface area (TPSA) is 66.6 Å². The smallest absolute Gasteiger partial charge is 0.277 e. The Morgan fingerprint density at radius 2 is 1.71 bits per heavy atom. The molecule has 0 N–H and O–H groups in total. The third-order valence-corrected chi connectivity index (χ3v) is 5.41. The molecule has 0 atom stereocenters. The van der Waals surface area contributed by atoms with Crippen molar-refractivity contribution in [3.05, 3.63) is 46.4 Å². The summed E-state index contributed by atoms with van der Waals surface area (Å²) in [5.74, 6) is 3.21. The molecule has 3 aromatic rings. The van der Waals surface area contributed by atoms with Gasteiger partial charge in [-0.2, -0.15) is 0 Å². The Morgan fingerprint density at radius 3 is 2.43 bits per heavy atom. The molecule has 6 nitrogen and oxygen atoms in total. The van der Waals surface area contributed by atoms with E-state index in [1.54, 1.807) is 7.11 Å². The summed E-state index contributed by atoms with van der Waals surface area (Å²) < 4.78 is 23.5. The van der Waals surface area contributed by atoms with Crippen LogP contribution in [0, 0.1) is 0 Å². The molecule has 2 aromatic carbocycles. The molecule has 0 saturated heterocycles. The van der Waals surface area contributed by atoms with Crippen molar-refractivity contribution in [2.24, 2.45) is 0 Å². The van der Waals surface area contributed by atoms with Crippen molar-refractivity contribution >= 4 is 27.7 Å². The van der Waals surface area contributed by atoms with Crippen molar-refractivity contribution in [2.45, 2.75) is 24.8 Å². The molecule has 0 unspecified atom stereocenters. The van der Waals surface area contributed by atoms with Crippen molar-refractivity contribution in [1.29, 1.82) is 0 Å². The Bertz CT molecular complexity index is 932. The SMILES string of the molecule is CCOc1cc(Br)c(CSc2nnc(-c3ccccc3OC)o2)cc1OCC. The Hall–Kier alpha value is -2.19. The number of ether oxygens (including phenoxy) is 3. The third-order valence-electron chi connectivity index (χ3n) is 3.81. The molecule has 0 bridgehead atoms. The van der Waals surface area contributed by atoms with Crippen LogP contribution in [-0.4, -0.2) is 30.5 Å². The van der Waals surface area contributed by atoms with Gasteiger partial charge in [-0.1, -0.05) is 39.8 Å². The zero-order valence-corrected chi connectivity index (χ0v) is 18.3. The maximum Gasteiger partial charge on any atom is 0.277 e. The van der Waals surface area contributed by atoms with Gasteiger partial charge in [-0.15, -0.1) is 10.2 Å². The maximum absolute atomic E-state index is 5.80. The second kappa shape index (κ2) is 9.84. The first-order chi connectivity index (χ1) is 13.7. The molecule has 8 heteroatoms. The molecule has 0 spiro atoms. The monoisotopic (exact) mass is 464 g/mol. The van der Waals surface area contributed by atoms with Gasteiger partial charge in [0.05, 0.1) is 25.9 Å². The standard InChI is InChI=1S/C20H21BrN2O4S/c1-4-25-17-10-13(15(21)11-18(17)26-5-2)12-28-20-23-22-19(27-20)14-8-6-7-9-16(14)24-3/h6-11H,4-5,12H2,1-3H3. The number of halogens is 1. The number of thioether (sulfide) groups is 1. The minimum absolute atomic E-state index is 0.431. The van der Waals surface area contributed by atoms with E-state index in [-0.39, 0.29) is 0 Å². The van der Waals surface area contributed by atoms with Crippen LogP contribution in [-0.2, 0) is 5.75 Å². The lowest BCUT2D eigenvalue weighted by atomic mass is 10.2. The van der Waals surface area contributed by atoms with Crippen molar-refractivity contribution in [3.63, 3.8) is 0 Å². The number of rotatable bonds is 9. The van der Waals surface area contributed by atoms with Crippen LogP contribution in [0.4, 0.5) is 0 Å². The molecule has 0 radical (unpaired) electrons. The number of aromatic nitrogens is 2. The fourth-order valence-electron chi connectivity index (χ4n) is 2.56. The van der Waals surface area contributed by atoms with Gasteiger partial charge in [0.15, 0.2) is 11.5 Å². The molecule has 0 aliphatic carbocycles. The normalized spacial score (nSPS) is 10.7. The molecule has 28 heavy (non-hydrogen) atoms. The quantitative estimate of drug-likeness (QED) is 0.381. The maximum atomic E-state index is 5.80. The van der Waals surface area contributed by atoms with Gasteiger partial charge in [-0.3, -0.25) is 0 Å². The molecular formula is C20H21BrN2O4S. The highest BCUT2D eigenvalue weighted by Gasteiger charge is 2.15. The Kier molecular flexibility index (Phi) is 7.22. The summed E-state index contributed by atoms with van der Waals surface area (Å²) in [7, 11) is 1.62. The van der Waals surface area contributed by atoms with Gasteiger partial charge in [0.1, 0.15) is 5.75 Å². The molecule has 148 valence electrons. The molecule has 1 heterocycles. The molecule has 1 aromatic heterocycles. The summed E-state index contributed by atoms with van der Waals surface area (Å²) >= 11 is 5.06. The molecular weight excluding hydrogens is 444 g/mol. The van der Waals surface area contributed by atoms with Crippen LogP contribution in [0.2, 0.25) is 0 Å². The van der Waals surface area contributed by atoms with E-state index in [1.807, 2.05) is 50.2 Å². The zero-order valence-electron chi connectivity index (χ0n) is 15.9.